The lowest BCUT2D eigenvalue weighted by Gasteiger charge is -2.43. The van der Waals surface area contributed by atoms with Crippen molar-refractivity contribution in [2.75, 3.05) is 25.0 Å². The molecule has 116 valence electrons. The summed E-state index contributed by atoms with van der Waals surface area (Å²) in [5.74, 6) is -0.0445. The number of halogens is 2. The number of nitrogens with one attached hydrogen (secondary N) is 1. The van der Waals surface area contributed by atoms with Gasteiger partial charge in [0, 0.05) is 18.3 Å². The second-order valence-corrected chi connectivity index (χ2v) is 6.75. The smallest absolute Gasteiger partial charge is 0.166 e. The Hall–Kier alpha value is -0.870. The van der Waals surface area contributed by atoms with Crippen molar-refractivity contribution in [2.45, 2.75) is 50.5 Å². The summed E-state index contributed by atoms with van der Waals surface area (Å²) >= 11 is 5.75. The second-order valence-electron chi connectivity index (χ2n) is 6.32. The summed E-state index contributed by atoms with van der Waals surface area (Å²) in [6.45, 7) is 3.13. The van der Waals surface area contributed by atoms with E-state index in [1.807, 2.05) is 0 Å². The first-order chi connectivity index (χ1) is 10.2. The SMILES string of the molecule is Fc1cc(Cl)cnc1NCC1(N2CCCCC2)CCCC1. The van der Waals surface area contributed by atoms with Crippen LogP contribution in [-0.2, 0) is 0 Å². The third-order valence-corrected chi connectivity index (χ3v) is 5.16. The van der Waals surface area contributed by atoms with Crippen LogP contribution < -0.4 is 5.32 Å². The molecule has 3 nitrogen and oxygen atoms in total. The molecular weight excluding hydrogens is 289 g/mol. The lowest BCUT2D eigenvalue weighted by Crippen LogP contribution is -2.53. The van der Waals surface area contributed by atoms with Crippen LogP contribution in [0.25, 0.3) is 0 Å². The van der Waals surface area contributed by atoms with Crippen LogP contribution in [0, 0.1) is 5.82 Å². The first-order valence-electron chi connectivity index (χ1n) is 8.00. The van der Waals surface area contributed by atoms with Gasteiger partial charge in [0.25, 0.3) is 0 Å². The van der Waals surface area contributed by atoms with E-state index in [0.29, 0.717) is 10.8 Å². The van der Waals surface area contributed by atoms with Gasteiger partial charge in [-0.2, -0.15) is 0 Å². The van der Waals surface area contributed by atoms with Crippen molar-refractivity contribution in [1.82, 2.24) is 9.88 Å². The Balaban J connectivity index is 1.70. The van der Waals surface area contributed by atoms with Crippen LogP contribution in [0.5, 0.6) is 0 Å². The maximum Gasteiger partial charge on any atom is 0.166 e. The third kappa shape index (κ3) is 3.32. The van der Waals surface area contributed by atoms with E-state index in [1.54, 1.807) is 0 Å². The van der Waals surface area contributed by atoms with Crippen molar-refractivity contribution in [2.24, 2.45) is 0 Å². The zero-order valence-electron chi connectivity index (χ0n) is 12.4. The number of aromatic nitrogens is 1. The number of piperidine rings is 1. The highest BCUT2D eigenvalue weighted by Gasteiger charge is 2.39. The second kappa shape index (κ2) is 6.49. The Morgan fingerprint density at radius 3 is 2.57 bits per heavy atom. The topological polar surface area (TPSA) is 28.2 Å². The summed E-state index contributed by atoms with van der Waals surface area (Å²) < 4.78 is 13.9. The van der Waals surface area contributed by atoms with Crippen LogP contribution >= 0.6 is 11.6 Å². The minimum absolute atomic E-state index is 0.189. The minimum atomic E-state index is -0.366. The van der Waals surface area contributed by atoms with E-state index in [-0.39, 0.29) is 11.4 Å². The first-order valence-corrected chi connectivity index (χ1v) is 8.37. The van der Waals surface area contributed by atoms with Gasteiger partial charge < -0.3 is 5.32 Å². The predicted molar refractivity (Wildman–Crippen MR) is 84.3 cm³/mol. The molecule has 0 spiro atoms. The van der Waals surface area contributed by atoms with E-state index < -0.39 is 0 Å². The molecule has 5 heteroatoms. The van der Waals surface area contributed by atoms with Gasteiger partial charge in [0.15, 0.2) is 11.6 Å². The van der Waals surface area contributed by atoms with Crippen molar-refractivity contribution >= 4 is 17.4 Å². The fourth-order valence-corrected chi connectivity index (χ4v) is 3.94. The Kier molecular flexibility index (Phi) is 4.65. The molecule has 21 heavy (non-hydrogen) atoms. The first kappa shape index (κ1) is 15.0. The van der Waals surface area contributed by atoms with E-state index in [9.17, 15) is 4.39 Å². The molecule has 0 atom stereocenters. The van der Waals surface area contributed by atoms with Gasteiger partial charge in [0.2, 0.25) is 0 Å². The molecule has 2 fully saturated rings. The van der Waals surface area contributed by atoms with Crippen LogP contribution in [-0.4, -0.2) is 35.1 Å². The van der Waals surface area contributed by atoms with Gasteiger partial charge in [-0.1, -0.05) is 30.9 Å². The van der Waals surface area contributed by atoms with Crippen LogP contribution in [0.1, 0.15) is 44.9 Å². The van der Waals surface area contributed by atoms with Gasteiger partial charge in [0.1, 0.15) is 0 Å². The van der Waals surface area contributed by atoms with Gasteiger partial charge in [-0.3, -0.25) is 4.90 Å². The lowest BCUT2D eigenvalue weighted by molar-refractivity contribution is 0.0807. The Morgan fingerprint density at radius 2 is 1.90 bits per heavy atom. The van der Waals surface area contributed by atoms with Crippen LogP contribution in [0.4, 0.5) is 10.2 Å². The molecule has 2 heterocycles. The Bertz CT molecular complexity index is 482. The van der Waals surface area contributed by atoms with Gasteiger partial charge in [-0.05, 0) is 44.8 Å². The summed E-state index contributed by atoms with van der Waals surface area (Å²) in [5.41, 5.74) is 0.189. The average molecular weight is 312 g/mol. The van der Waals surface area contributed by atoms with Crippen molar-refractivity contribution in [3.63, 3.8) is 0 Å². The normalized spacial score (nSPS) is 22.4. The maximum absolute atomic E-state index is 13.9. The van der Waals surface area contributed by atoms with Gasteiger partial charge in [-0.15, -0.1) is 0 Å². The molecule has 1 saturated carbocycles. The van der Waals surface area contributed by atoms with Crippen molar-refractivity contribution in [1.29, 1.82) is 0 Å². The number of hydrogen-bond donors (Lipinski definition) is 1. The molecule has 0 unspecified atom stereocenters. The Morgan fingerprint density at radius 1 is 1.19 bits per heavy atom. The summed E-state index contributed by atoms with van der Waals surface area (Å²) in [4.78, 5) is 6.71. The van der Waals surface area contributed by atoms with Crippen LogP contribution in [0.3, 0.4) is 0 Å². The Labute approximate surface area is 130 Å². The van der Waals surface area contributed by atoms with Crippen molar-refractivity contribution < 1.29 is 4.39 Å². The maximum atomic E-state index is 13.9. The molecule has 1 aliphatic heterocycles. The van der Waals surface area contributed by atoms with Crippen molar-refractivity contribution in [3.8, 4) is 0 Å². The number of anilines is 1. The lowest BCUT2D eigenvalue weighted by atomic mass is 9.92. The van der Waals surface area contributed by atoms with E-state index in [4.69, 9.17) is 11.6 Å². The molecular formula is C16H23ClFN3. The summed E-state index contributed by atoms with van der Waals surface area (Å²) in [7, 11) is 0. The molecule has 0 bridgehead atoms. The van der Waals surface area contributed by atoms with Gasteiger partial charge in [-0.25, -0.2) is 9.37 Å². The minimum Gasteiger partial charge on any atom is -0.366 e. The highest BCUT2D eigenvalue weighted by molar-refractivity contribution is 6.30. The molecule has 1 aliphatic carbocycles. The van der Waals surface area contributed by atoms with Crippen molar-refractivity contribution in [3.05, 3.63) is 23.1 Å². The number of rotatable bonds is 4. The molecule has 0 aromatic carbocycles. The van der Waals surface area contributed by atoms with Gasteiger partial charge >= 0.3 is 0 Å². The van der Waals surface area contributed by atoms with E-state index in [0.717, 1.165) is 6.54 Å². The third-order valence-electron chi connectivity index (χ3n) is 4.95. The van der Waals surface area contributed by atoms with Crippen LogP contribution in [0.2, 0.25) is 5.02 Å². The van der Waals surface area contributed by atoms with Crippen LogP contribution in [0.15, 0.2) is 12.3 Å². The standard InChI is InChI=1S/C16H23ClFN3/c17-13-10-14(18)15(19-11-13)20-12-16(6-2-3-7-16)21-8-4-1-5-9-21/h10-11H,1-9,12H2,(H,19,20). The highest BCUT2D eigenvalue weighted by Crippen LogP contribution is 2.37. The van der Waals surface area contributed by atoms with Gasteiger partial charge in [0.05, 0.1) is 5.02 Å². The van der Waals surface area contributed by atoms with E-state index >= 15 is 0 Å². The quantitative estimate of drug-likeness (QED) is 0.908. The molecule has 0 amide bonds. The fraction of sp³-hybridized carbons (Fsp3) is 0.688. The summed E-state index contributed by atoms with van der Waals surface area (Å²) in [5, 5.41) is 3.57. The largest absolute Gasteiger partial charge is 0.366 e. The molecule has 2 aliphatic rings. The fourth-order valence-electron chi connectivity index (χ4n) is 3.80. The predicted octanol–water partition coefficient (Wildman–Crippen LogP) is 4.08. The van der Waals surface area contributed by atoms with E-state index in [2.05, 4.69) is 15.2 Å². The number of nitrogens with zero attached hydrogens (tertiary/aromatic N) is 2. The molecule has 1 saturated heterocycles. The number of hydrogen-bond acceptors (Lipinski definition) is 3. The molecule has 1 aromatic rings. The zero-order valence-corrected chi connectivity index (χ0v) is 13.1. The highest BCUT2D eigenvalue weighted by atomic mass is 35.5. The average Bonchev–Trinajstić information content (AvgIpc) is 2.97. The molecule has 1 N–H and O–H groups in total. The van der Waals surface area contributed by atoms with E-state index in [1.165, 1.54) is 70.3 Å². The zero-order chi connectivity index (χ0) is 14.7. The molecule has 3 rings (SSSR count). The molecule has 0 radical (unpaired) electrons. The monoisotopic (exact) mass is 311 g/mol. The number of pyridine rings is 1. The summed E-state index contributed by atoms with van der Waals surface area (Å²) in [6, 6.07) is 1.32. The number of likely N-dealkylation sites (tertiary alicyclic amines) is 1. The molecule has 1 aromatic heterocycles. The summed E-state index contributed by atoms with van der Waals surface area (Å²) in [6.07, 6.45) is 10.4.